The lowest BCUT2D eigenvalue weighted by molar-refractivity contribution is 0.146. The Kier molecular flexibility index (Phi) is 4.39. The maximum absolute atomic E-state index is 13.1. The van der Waals surface area contributed by atoms with Crippen molar-refractivity contribution in [3.63, 3.8) is 0 Å². The maximum Gasteiger partial charge on any atom is 0.123 e. The molecule has 1 N–H and O–H groups in total. The molecule has 1 fully saturated rings. The summed E-state index contributed by atoms with van der Waals surface area (Å²) in [6, 6.07) is 7.37. The lowest BCUT2D eigenvalue weighted by Gasteiger charge is -2.41. The molecular formula is C16H24FN. The van der Waals surface area contributed by atoms with Crippen molar-refractivity contribution in [3.8, 4) is 0 Å². The van der Waals surface area contributed by atoms with E-state index in [1.54, 1.807) is 12.1 Å². The molecule has 1 atom stereocenters. The lowest BCUT2D eigenvalue weighted by Crippen LogP contribution is -2.37. The molecule has 0 saturated heterocycles. The summed E-state index contributed by atoms with van der Waals surface area (Å²) in [6.07, 6.45) is 6.53. The first kappa shape index (κ1) is 13.5. The van der Waals surface area contributed by atoms with E-state index >= 15 is 0 Å². The van der Waals surface area contributed by atoms with Gasteiger partial charge in [-0.05, 0) is 42.5 Å². The summed E-state index contributed by atoms with van der Waals surface area (Å²) >= 11 is 0. The highest BCUT2D eigenvalue weighted by molar-refractivity contribution is 5.22. The van der Waals surface area contributed by atoms with E-state index in [4.69, 9.17) is 0 Å². The number of hydrogen-bond donors (Lipinski definition) is 1. The Bertz CT molecular complexity index is 365. The second kappa shape index (κ2) is 5.83. The number of hydrogen-bond acceptors (Lipinski definition) is 1. The van der Waals surface area contributed by atoms with Gasteiger partial charge < -0.3 is 5.32 Å². The fourth-order valence-electron chi connectivity index (χ4n) is 3.27. The molecule has 1 unspecified atom stereocenters. The van der Waals surface area contributed by atoms with Gasteiger partial charge in [-0.15, -0.1) is 0 Å². The van der Waals surface area contributed by atoms with E-state index in [0.717, 1.165) is 6.54 Å². The van der Waals surface area contributed by atoms with Gasteiger partial charge in [0.25, 0.3) is 0 Å². The molecule has 1 aliphatic rings. The van der Waals surface area contributed by atoms with Crippen molar-refractivity contribution < 1.29 is 4.39 Å². The Labute approximate surface area is 110 Å². The lowest BCUT2D eigenvalue weighted by atomic mass is 9.68. The normalized spacial score (nSPS) is 20.6. The van der Waals surface area contributed by atoms with Gasteiger partial charge in [-0.3, -0.25) is 0 Å². The van der Waals surface area contributed by atoms with E-state index in [1.807, 2.05) is 12.1 Å². The second-order valence-electron chi connectivity index (χ2n) is 5.76. The highest BCUT2D eigenvalue weighted by Crippen LogP contribution is 2.45. The zero-order valence-electron chi connectivity index (χ0n) is 11.5. The minimum atomic E-state index is -0.150. The van der Waals surface area contributed by atoms with Crippen molar-refractivity contribution in [1.82, 2.24) is 5.32 Å². The minimum absolute atomic E-state index is 0.150. The summed E-state index contributed by atoms with van der Waals surface area (Å²) in [5.41, 5.74) is 1.54. The SMILES string of the molecule is CCNC(c1ccc(F)cc1)C1(C)CCCCC1. The summed E-state index contributed by atoms with van der Waals surface area (Å²) in [4.78, 5) is 0. The van der Waals surface area contributed by atoms with Crippen LogP contribution >= 0.6 is 0 Å². The summed E-state index contributed by atoms with van der Waals surface area (Å²) in [5.74, 6) is -0.150. The van der Waals surface area contributed by atoms with E-state index in [0.29, 0.717) is 11.5 Å². The second-order valence-corrected chi connectivity index (χ2v) is 5.76. The van der Waals surface area contributed by atoms with Gasteiger partial charge in [0.05, 0.1) is 0 Å². The van der Waals surface area contributed by atoms with Crippen LogP contribution in [0.3, 0.4) is 0 Å². The van der Waals surface area contributed by atoms with Crippen LogP contribution < -0.4 is 5.32 Å². The molecule has 100 valence electrons. The van der Waals surface area contributed by atoms with Crippen LogP contribution in [-0.2, 0) is 0 Å². The van der Waals surface area contributed by atoms with Gasteiger partial charge in [-0.2, -0.15) is 0 Å². The predicted octanol–water partition coefficient (Wildman–Crippen LogP) is 4.45. The van der Waals surface area contributed by atoms with Gasteiger partial charge in [-0.25, -0.2) is 4.39 Å². The van der Waals surface area contributed by atoms with E-state index in [9.17, 15) is 4.39 Å². The van der Waals surface area contributed by atoms with Gasteiger partial charge in [0, 0.05) is 6.04 Å². The Balaban J connectivity index is 2.23. The monoisotopic (exact) mass is 249 g/mol. The van der Waals surface area contributed by atoms with Crippen LogP contribution in [0.5, 0.6) is 0 Å². The molecule has 2 rings (SSSR count). The van der Waals surface area contributed by atoms with Crippen molar-refractivity contribution in [2.24, 2.45) is 5.41 Å². The molecule has 0 aromatic heterocycles. The van der Waals surface area contributed by atoms with Crippen LogP contribution in [0.25, 0.3) is 0 Å². The van der Waals surface area contributed by atoms with Gasteiger partial charge >= 0.3 is 0 Å². The van der Waals surface area contributed by atoms with Crippen LogP contribution in [-0.4, -0.2) is 6.54 Å². The van der Waals surface area contributed by atoms with Crippen LogP contribution in [0.15, 0.2) is 24.3 Å². The topological polar surface area (TPSA) is 12.0 Å². The molecule has 1 saturated carbocycles. The van der Waals surface area contributed by atoms with Crippen LogP contribution in [0.1, 0.15) is 57.6 Å². The highest BCUT2D eigenvalue weighted by Gasteiger charge is 2.35. The molecule has 1 aromatic rings. The largest absolute Gasteiger partial charge is 0.310 e. The smallest absolute Gasteiger partial charge is 0.123 e. The standard InChI is InChI=1S/C16H24FN/c1-3-18-15(13-7-9-14(17)10-8-13)16(2)11-5-4-6-12-16/h7-10,15,18H,3-6,11-12H2,1-2H3. The molecule has 0 aliphatic heterocycles. The fraction of sp³-hybridized carbons (Fsp3) is 0.625. The predicted molar refractivity (Wildman–Crippen MR) is 74.0 cm³/mol. The van der Waals surface area contributed by atoms with Crippen molar-refractivity contribution in [2.45, 2.75) is 52.0 Å². The molecule has 18 heavy (non-hydrogen) atoms. The summed E-state index contributed by atoms with van der Waals surface area (Å²) in [5, 5.41) is 3.61. The third-order valence-electron chi connectivity index (χ3n) is 4.30. The van der Waals surface area contributed by atoms with E-state index in [-0.39, 0.29) is 5.82 Å². The van der Waals surface area contributed by atoms with Gasteiger partial charge in [0.1, 0.15) is 5.82 Å². The zero-order chi connectivity index (χ0) is 13.0. The van der Waals surface area contributed by atoms with Crippen molar-refractivity contribution in [3.05, 3.63) is 35.6 Å². The average Bonchev–Trinajstić information content (AvgIpc) is 2.38. The molecule has 0 heterocycles. The first-order valence-corrected chi connectivity index (χ1v) is 7.14. The number of halogens is 1. The van der Waals surface area contributed by atoms with Crippen molar-refractivity contribution >= 4 is 0 Å². The van der Waals surface area contributed by atoms with Crippen molar-refractivity contribution in [2.75, 3.05) is 6.54 Å². The maximum atomic E-state index is 13.1. The molecular weight excluding hydrogens is 225 g/mol. The summed E-state index contributed by atoms with van der Waals surface area (Å²) in [6.45, 7) is 5.48. The fourth-order valence-corrected chi connectivity index (χ4v) is 3.27. The van der Waals surface area contributed by atoms with Crippen LogP contribution in [0.4, 0.5) is 4.39 Å². The molecule has 0 spiro atoms. The Morgan fingerprint density at radius 3 is 2.33 bits per heavy atom. The van der Waals surface area contributed by atoms with E-state index in [2.05, 4.69) is 19.2 Å². The quantitative estimate of drug-likeness (QED) is 0.831. The molecule has 0 bridgehead atoms. The number of rotatable bonds is 4. The van der Waals surface area contributed by atoms with Gasteiger partial charge in [0.2, 0.25) is 0 Å². The van der Waals surface area contributed by atoms with E-state index in [1.165, 1.54) is 37.7 Å². The Hall–Kier alpha value is -0.890. The summed E-state index contributed by atoms with van der Waals surface area (Å²) in [7, 11) is 0. The van der Waals surface area contributed by atoms with E-state index < -0.39 is 0 Å². The molecule has 2 heteroatoms. The Morgan fingerprint density at radius 1 is 1.17 bits per heavy atom. The van der Waals surface area contributed by atoms with Crippen molar-refractivity contribution in [1.29, 1.82) is 0 Å². The third-order valence-corrected chi connectivity index (χ3v) is 4.30. The molecule has 0 radical (unpaired) electrons. The van der Waals surface area contributed by atoms with Crippen LogP contribution in [0, 0.1) is 11.2 Å². The third kappa shape index (κ3) is 2.92. The van der Waals surface area contributed by atoms with Gasteiger partial charge in [-0.1, -0.05) is 45.2 Å². The average molecular weight is 249 g/mol. The first-order chi connectivity index (χ1) is 8.65. The van der Waals surface area contributed by atoms with Gasteiger partial charge in [0.15, 0.2) is 0 Å². The first-order valence-electron chi connectivity index (χ1n) is 7.14. The molecule has 1 aliphatic carbocycles. The van der Waals surface area contributed by atoms with Crippen LogP contribution in [0.2, 0.25) is 0 Å². The number of benzene rings is 1. The molecule has 1 nitrogen and oxygen atoms in total. The minimum Gasteiger partial charge on any atom is -0.310 e. The highest BCUT2D eigenvalue weighted by atomic mass is 19.1. The zero-order valence-corrected chi connectivity index (χ0v) is 11.5. The summed E-state index contributed by atoms with van der Waals surface area (Å²) < 4.78 is 13.1. The molecule has 0 amide bonds. The molecule has 1 aromatic carbocycles. The Morgan fingerprint density at radius 2 is 1.78 bits per heavy atom. The number of nitrogens with one attached hydrogen (secondary N) is 1.